The Bertz CT molecular complexity index is 970. The van der Waals surface area contributed by atoms with E-state index in [1.165, 1.54) is 11.8 Å². The number of nitrogens with one attached hydrogen (secondary N) is 1. The molecule has 0 bridgehead atoms. The van der Waals surface area contributed by atoms with E-state index in [0.29, 0.717) is 16.7 Å². The van der Waals surface area contributed by atoms with Gasteiger partial charge in [0.25, 0.3) is 0 Å². The van der Waals surface area contributed by atoms with Gasteiger partial charge in [-0.3, -0.25) is 4.79 Å². The summed E-state index contributed by atoms with van der Waals surface area (Å²) in [7, 11) is 0. The summed E-state index contributed by atoms with van der Waals surface area (Å²) in [6.45, 7) is 6.76. The highest BCUT2D eigenvalue weighted by atomic mass is 35.5. The van der Waals surface area contributed by atoms with Gasteiger partial charge in [0.05, 0.1) is 5.75 Å². The third-order valence-electron chi connectivity index (χ3n) is 4.33. The third kappa shape index (κ3) is 4.51. The summed E-state index contributed by atoms with van der Waals surface area (Å²) in [5.41, 5.74) is 3.98. The number of nitrogens with zero attached hydrogens (tertiary/aromatic N) is 3. The van der Waals surface area contributed by atoms with Crippen LogP contribution in [-0.4, -0.2) is 26.4 Å². The van der Waals surface area contributed by atoms with Crippen LogP contribution < -0.4 is 5.32 Å². The van der Waals surface area contributed by atoms with Crippen molar-refractivity contribution in [2.75, 3.05) is 11.1 Å². The first-order valence-corrected chi connectivity index (χ1v) is 10.0. The number of halogens is 1. The number of rotatable bonds is 6. The predicted octanol–water partition coefficient (Wildman–Crippen LogP) is 4.97. The maximum atomic E-state index is 12.4. The van der Waals surface area contributed by atoms with Crippen molar-refractivity contribution in [3.05, 3.63) is 58.6 Å². The molecule has 0 atom stereocenters. The van der Waals surface area contributed by atoms with Gasteiger partial charge >= 0.3 is 0 Å². The molecular weight excluding hydrogens is 380 g/mol. The number of hydrogen-bond donors (Lipinski definition) is 1. The molecule has 3 aromatic rings. The van der Waals surface area contributed by atoms with E-state index in [9.17, 15) is 4.79 Å². The van der Waals surface area contributed by atoms with Crippen molar-refractivity contribution < 1.29 is 4.79 Å². The van der Waals surface area contributed by atoms with Gasteiger partial charge in [-0.1, -0.05) is 47.6 Å². The number of aromatic nitrogens is 3. The Kier molecular flexibility index (Phi) is 6.19. The van der Waals surface area contributed by atoms with Gasteiger partial charge in [-0.25, -0.2) is 0 Å². The zero-order valence-electron chi connectivity index (χ0n) is 15.5. The zero-order valence-corrected chi connectivity index (χ0v) is 17.1. The second-order valence-corrected chi connectivity index (χ2v) is 7.52. The number of benzene rings is 2. The zero-order chi connectivity index (χ0) is 19.4. The molecule has 0 unspecified atom stereocenters. The number of hydrogen-bond acceptors (Lipinski definition) is 4. The maximum absolute atomic E-state index is 12.4. The minimum Gasteiger partial charge on any atom is -0.325 e. The Labute approximate surface area is 168 Å². The largest absolute Gasteiger partial charge is 0.325 e. The minimum atomic E-state index is -0.0661. The van der Waals surface area contributed by atoms with E-state index in [0.717, 1.165) is 28.2 Å². The van der Waals surface area contributed by atoms with Gasteiger partial charge in [0, 0.05) is 22.8 Å². The van der Waals surface area contributed by atoms with Gasteiger partial charge in [0.15, 0.2) is 11.0 Å². The van der Waals surface area contributed by atoms with Crippen molar-refractivity contribution in [2.45, 2.75) is 32.5 Å². The molecule has 7 heteroatoms. The SMILES string of the molecule is CCn1c(SCC(=O)Nc2cccc(C)c2C)nnc1-c1cccc(Cl)c1. The van der Waals surface area contributed by atoms with Gasteiger partial charge in [-0.05, 0) is 50.1 Å². The summed E-state index contributed by atoms with van der Waals surface area (Å²) in [5.74, 6) is 0.947. The molecule has 0 fully saturated rings. The summed E-state index contributed by atoms with van der Waals surface area (Å²) < 4.78 is 1.99. The first-order chi connectivity index (χ1) is 13.0. The molecule has 5 nitrogen and oxygen atoms in total. The highest BCUT2D eigenvalue weighted by molar-refractivity contribution is 7.99. The van der Waals surface area contributed by atoms with Crippen LogP contribution in [0.3, 0.4) is 0 Å². The molecule has 1 heterocycles. The van der Waals surface area contributed by atoms with E-state index in [1.54, 1.807) is 0 Å². The van der Waals surface area contributed by atoms with Crippen LogP contribution in [0.2, 0.25) is 5.02 Å². The fourth-order valence-electron chi connectivity index (χ4n) is 2.72. The van der Waals surface area contributed by atoms with E-state index < -0.39 is 0 Å². The van der Waals surface area contributed by atoms with Crippen LogP contribution in [0.25, 0.3) is 11.4 Å². The lowest BCUT2D eigenvalue weighted by atomic mass is 10.1. The van der Waals surface area contributed by atoms with Crippen LogP contribution in [0.4, 0.5) is 5.69 Å². The number of carbonyl (C=O) groups is 1. The predicted molar refractivity (Wildman–Crippen MR) is 111 cm³/mol. The number of aryl methyl sites for hydroxylation is 1. The molecule has 0 spiro atoms. The van der Waals surface area contributed by atoms with Crippen LogP contribution in [0, 0.1) is 13.8 Å². The van der Waals surface area contributed by atoms with E-state index in [2.05, 4.69) is 15.5 Å². The summed E-state index contributed by atoms with van der Waals surface area (Å²) in [5, 5.41) is 12.9. The Hall–Kier alpha value is -2.31. The van der Waals surface area contributed by atoms with Crippen LogP contribution in [0.5, 0.6) is 0 Å². The molecule has 0 aliphatic carbocycles. The van der Waals surface area contributed by atoms with Crippen LogP contribution in [-0.2, 0) is 11.3 Å². The normalized spacial score (nSPS) is 10.8. The number of anilines is 1. The Morgan fingerprint density at radius 3 is 2.70 bits per heavy atom. The standard InChI is InChI=1S/C20H21ClN4OS/c1-4-25-19(15-8-6-9-16(21)11-15)23-24-20(25)27-12-18(26)22-17-10-5-7-13(2)14(17)3/h5-11H,4,12H2,1-3H3,(H,22,26). The van der Waals surface area contributed by atoms with Gasteiger partial charge in [0.1, 0.15) is 0 Å². The van der Waals surface area contributed by atoms with E-state index in [-0.39, 0.29) is 11.7 Å². The lowest BCUT2D eigenvalue weighted by molar-refractivity contribution is -0.113. The molecule has 1 amide bonds. The average Bonchev–Trinajstić information content (AvgIpc) is 3.07. The first-order valence-electron chi connectivity index (χ1n) is 8.67. The molecule has 2 aromatic carbocycles. The van der Waals surface area contributed by atoms with Crippen molar-refractivity contribution in [1.29, 1.82) is 0 Å². The Balaban J connectivity index is 1.71. The monoisotopic (exact) mass is 400 g/mol. The molecule has 3 rings (SSSR count). The molecule has 0 saturated heterocycles. The molecule has 140 valence electrons. The van der Waals surface area contributed by atoms with Crippen LogP contribution in [0.1, 0.15) is 18.1 Å². The molecule has 1 aromatic heterocycles. The molecule has 27 heavy (non-hydrogen) atoms. The summed E-state index contributed by atoms with van der Waals surface area (Å²) in [6.07, 6.45) is 0. The highest BCUT2D eigenvalue weighted by Gasteiger charge is 2.15. The summed E-state index contributed by atoms with van der Waals surface area (Å²) in [6, 6.07) is 13.4. The van der Waals surface area contributed by atoms with Crippen molar-refractivity contribution in [3.8, 4) is 11.4 Å². The molecule has 1 N–H and O–H groups in total. The average molecular weight is 401 g/mol. The molecule has 0 aliphatic heterocycles. The van der Waals surface area contributed by atoms with Crippen molar-refractivity contribution in [1.82, 2.24) is 14.8 Å². The van der Waals surface area contributed by atoms with Crippen LogP contribution >= 0.6 is 23.4 Å². The van der Waals surface area contributed by atoms with Crippen molar-refractivity contribution >= 4 is 35.0 Å². The van der Waals surface area contributed by atoms with E-state index in [1.807, 2.05) is 67.8 Å². The van der Waals surface area contributed by atoms with Gasteiger partial charge in [0.2, 0.25) is 5.91 Å². The summed E-state index contributed by atoms with van der Waals surface area (Å²) >= 11 is 7.46. The van der Waals surface area contributed by atoms with E-state index in [4.69, 9.17) is 11.6 Å². The second kappa shape index (κ2) is 8.59. The second-order valence-electron chi connectivity index (χ2n) is 6.15. The molecular formula is C20H21ClN4OS. The maximum Gasteiger partial charge on any atom is 0.234 e. The van der Waals surface area contributed by atoms with Crippen molar-refractivity contribution in [3.63, 3.8) is 0 Å². The van der Waals surface area contributed by atoms with E-state index >= 15 is 0 Å². The Morgan fingerprint density at radius 2 is 1.96 bits per heavy atom. The highest BCUT2D eigenvalue weighted by Crippen LogP contribution is 2.26. The molecule has 0 radical (unpaired) electrons. The lowest BCUT2D eigenvalue weighted by Gasteiger charge is -2.10. The smallest absolute Gasteiger partial charge is 0.234 e. The number of amides is 1. The van der Waals surface area contributed by atoms with Crippen molar-refractivity contribution in [2.24, 2.45) is 0 Å². The molecule has 0 aliphatic rings. The van der Waals surface area contributed by atoms with Gasteiger partial charge in [-0.2, -0.15) is 0 Å². The fourth-order valence-corrected chi connectivity index (χ4v) is 3.72. The van der Waals surface area contributed by atoms with Gasteiger partial charge in [-0.15, -0.1) is 10.2 Å². The fraction of sp³-hybridized carbons (Fsp3) is 0.250. The topological polar surface area (TPSA) is 59.8 Å². The molecule has 0 saturated carbocycles. The first kappa shape index (κ1) is 19.5. The van der Waals surface area contributed by atoms with Crippen LogP contribution in [0.15, 0.2) is 47.6 Å². The number of carbonyl (C=O) groups excluding carboxylic acids is 1. The number of thioether (sulfide) groups is 1. The summed E-state index contributed by atoms with van der Waals surface area (Å²) in [4.78, 5) is 12.4. The Morgan fingerprint density at radius 1 is 1.19 bits per heavy atom. The third-order valence-corrected chi connectivity index (χ3v) is 5.53. The quantitative estimate of drug-likeness (QED) is 0.593. The minimum absolute atomic E-state index is 0.0661. The lowest BCUT2D eigenvalue weighted by Crippen LogP contribution is -2.15. The van der Waals surface area contributed by atoms with Gasteiger partial charge < -0.3 is 9.88 Å².